The fourth-order valence-corrected chi connectivity index (χ4v) is 4.68. The second-order valence-corrected chi connectivity index (χ2v) is 8.47. The van der Waals surface area contributed by atoms with Crippen molar-refractivity contribution in [1.29, 1.82) is 0 Å². The number of carbonyl (C=O) groups is 1. The number of benzene rings is 2. The predicted octanol–water partition coefficient (Wildman–Crippen LogP) is 3.37. The Kier molecular flexibility index (Phi) is 6.65. The van der Waals surface area contributed by atoms with Crippen LogP contribution < -0.4 is 14.9 Å². The molecule has 0 N–H and O–H groups in total. The van der Waals surface area contributed by atoms with Crippen LogP contribution in [-0.4, -0.2) is 22.1 Å². The van der Waals surface area contributed by atoms with E-state index in [0.29, 0.717) is 26.2 Å². The van der Waals surface area contributed by atoms with Crippen LogP contribution in [-0.2, 0) is 9.53 Å². The molecule has 172 valence electrons. The number of rotatable bonds is 6. The molecule has 4 rings (SSSR count). The number of hydrogen-bond acceptors (Lipinski definition) is 7. The summed E-state index contributed by atoms with van der Waals surface area (Å²) < 4.78 is 7.15. The van der Waals surface area contributed by atoms with E-state index in [1.165, 1.54) is 28.0 Å². The van der Waals surface area contributed by atoms with Gasteiger partial charge in [-0.15, -0.1) is 0 Å². The van der Waals surface area contributed by atoms with Gasteiger partial charge in [0, 0.05) is 12.1 Å². The van der Waals surface area contributed by atoms with Gasteiger partial charge in [0.25, 0.3) is 11.2 Å². The fraction of sp³-hybridized carbons (Fsp3) is 0.160. The lowest BCUT2D eigenvalue weighted by atomic mass is 10.0. The van der Waals surface area contributed by atoms with Crippen molar-refractivity contribution in [2.75, 3.05) is 6.61 Å². The number of esters is 1. The first-order valence-corrected chi connectivity index (χ1v) is 11.4. The number of ether oxygens (including phenoxy) is 1. The van der Waals surface area contributed by atoms with Gasteiger partial charge in [-0.1, -0.05) is 53.8 Å². The van der Waals surface area contributed by atoms with Crippen LogP contribution in [0, 0.1) is 10.1 Å². The molecule has 0 bridgehead atoms. The van der Waals surface area contributed by atoms with Gasteiger partial charge in [-0.05, 0) is 43.2 Å². The Balaban J connectivity index is 1.84. The number of allylic oxidation sites excluding steroid dienone is 2. The van der Waals surface area contributed by atoms with Crippen molar-refractivity contribution in [2.45, 2.75) is 19.9 Å². The van der Waals surface area contributed by atoms with Gasteiger partial charge < -0.3 is 4.74 Å². The lowest BCUT2D eigenvalue weighted by Crippen LogP contribution is -2.38. The van der Waals surface area contributed by atoms with Crippen LogP contribution in [0.2, 0.25) is 0 Å². The molecule has 0 aliphatic carbocycles. The topological polar surface area (TPSA) is 104 Å². The molecule has 0 spiro atoms. The number of thiazole rings is 1. The molecule has 0 unspecified atom stereocenters. The molecule has 2 heterocycles. The number of nitro benzene ring substituents is 1. The quantitative estimate of drug-likeness (QED) is 0.309. The molecule has 0 saturated heterocycles. The van der Waals surface area contributed by atoms with Gasteiger partial charge in [0.1, 0.15) is 0 Å². The zero-order valence-electron chi connectivity index (χ0n) is 18.5. The van der Waals surface area contributed by atoms with E-state index < -0.39 is 16.9 Å². The van der Waals surface area contributed by atoms with Crippen LogP contribution in [0.25, 0.3) is 12.2 Å². The zero-order chi connectivity index (χ0) is 24.2. The lowest BCUT2D eigenvalue weighted by molar-refractivity contribution is -0.384. The van der Waals surface area contributed by atoms with Crippen LogP contribution in [0.1, 0.15) is 31.0 Å². The van der Waals surface area contributed by atoms with Gasteiger partial charge in [0.2, 0.25) is 0 Å². The molecule has 1 aliphatic rings. The van der Waals surface area contributed by atoms with E-state index in [9.17, 15) is 19.7 Å². The largest absolute Gasteiger partial charge is 0.463 e. The first kappa shape index (κ1) is 23.1. The molecule has 8 nitrogen and oxygen atoms in total. The van der Waals surface area contributed by atoms with Gasteiger partial charge in [0.15, 0.2) is 4.80 Å². The minimum Gasteiger partial charge on any atom is -0.463 e. The number of aromatic nitrogens is 1. The third kappa shape index (κ3) is 4.65. The van der Waals surface area contributed by atoms with Crippen molar-refractivity contribution in [1.82, 2.24) is 4.57 Å². The summed E-state index contributed by atoms with van der Waals surface area (Å²) in [5.74, 6) is -0.517. The highest BCUT2D eigenvalue weighted by Gasteiger charge is 2.30. The Morgan fingerprint density at radius 2 is 1.88 bits per heavy atom. The van der Waals surface area contributed by atoms with Gasteiger partial charge in [0.05, 0.1) is 33.4 Å². The number of hydrogen-bond donors (Lipinski definition) is 0. The van der Waals surface area contributed by atoms with Crippen LogP contribution in [0.15, 0.2) is 81.7 Å². The van der Waals surface area contributed by atoms with Crippen molar-refractivity contribution in [3.8, 4) is 0 Å². The molecule has 34 heavy (non-hydrogen) atoms. The summed E-state index contributed by atoms with van der Waals surface area (Å²) in [6, 6.07) is 14.8. The Morgan fingerprint density at radius 1 is 1.18 bits per heavy atom. The van der Waals surface area contributed by atoms with Crippen molar-refractivity contribution in [3.63, 3.8) is 0 Å². The van der Waals surface area contributed by atoms with E-state index in [1.807, 2.05) is 36.4 Å². The average Bonchev–Trinajstić information content (AvgIpc) is 3.12. The van der Waals surface area contributed by atoms with Gasteiger partial charge in [-0.25, -0.2) is 9.79 Å². The first-order valence-electron chi connectivity index (χ1n) is 10.6. The molecule has 9 heteroatoms. The molecule has 0 amide bonds. The van der Waals surface area contributed by atoms with E-state index in [2.05, 4.69) is 4.99 Å². The minimum absolute atomic E-state index is 0.0284. The average molecular weight is 476 g/mol. The molecular formula is C25H21N3O5S. The van der Waals surface area contributed by atoms with Crippen molar-refractivity contribution in [3.05, 3.63) is 113 Å². The SMILES string of the molecule is CCOC(=O)C1=C(C)N=c2s/c(=C/c3ccc([N+](=O)[O-])cc3)c(=O)n2[C@@H]1/C=C/c1ccccc1. The number of carbonyl (C=O) groups excluding carboxylic acids is 1. The Bertz CT molecular complexity index is 1480. The fourth-order valence-electron chi connectivity index (χ4n) is 3.63. The Labute approximate surface area is 198 Å². The molecule has 0 saturated carbocycles. The van der Waals surface area contributed by atoms with Crippen LogP contribution in [0.4, 0.5) is 5.69 Å². The van der Waals surface area contributed by atoms with Crippen LogP contribution in [0.5, 0.6) is 0 Å². The molecule has 0 fully saturated rings. The minimum atomic E-state index is -0.686. The molecule has 1 atom stereocenters. The zero-order valence-corrected chi connectivity index (χ0v) is 19.3. The second-order valence-electron chi connectivity index (χ2n) is 7.46. The number of non-ortho nitro benzene ring substituents is 1. The maximum absolute atomic E-state index is 13.4. The third-order valence-electron chi connectivity index (χ3n) is 5.23. The van der Waals surface area contributed by atoms with Crippen LogP contribution >= 0.6 is 11.3 Å². The molecule has 0 radical (unpaired) electrons. The Hall–Kier alpha value is -4.11. The molecule has 2 aromatic carbocycles. The summed E-state index contributed by atoms with van der Waals surface area (Å²) in [7, 11) is 0. The maximum Gasteiger partial charge on any atom is 0.338 e. The number of nitro groups is 1. The highest BCUT2D eigenvalue weighted by atomic mass is 32.1. The standard InChI is InChI=1S/C25H21N3O5S/c1-3-33-24(30)22-16(2)26-25-27(20(22)14-11-17-7-5-4-6-8-17)23(29)21(34-25)15-18-9-12-19(13-10-18)28(31)32/h4-15,20H,3H2,1-2H3/b14-11+,21-15+/t20-/m1/s1. The van der Waals surface area contributed by atoms with Crippen LogP contribution in [0.3, 0.4) is 0 Å². The van der Waals surface area contributed by atoms with E-state index in [4.69, 9.17) is 4.74 Å². The van der Waals surface area contributed by atoms with E-state index in [0.717, 1.165) is 5.56 Å². The monoisotopic (exact) mass is 475 g/mol. The van der Waals surface area contributed by atoms with E-state index >= 15 is 0 Å². The summed E-state index contributed by atoms with van der Waals surface area (Å²) >= 11 is 1.20. The predicted molar refractivity (Wildman–Crippen MR) is 130 cm³/mol. The molecule has 3 aromatic rings. The smallest absolute Gasteiger partial charge is 0.338 e. The first-order chi connectivity index (χ1) is 16.4. The van der Waals surface area contributed by atoms with Crippen molar-refractivity contribution >= 4 is 35.1 Å². The summed E-state index contributed by atoms with van der Waals surface area (Å²) in [5.41, 5.74) is 2.04. The van der Waals surface area contributed by atoms with Gasteiger partial charge in [-0.3, -0.25) is 19.5 Å². The highest BCUT2D eigenvalue weighted by Crippen LogP contribution is 2.26. The highest BCUT2D eigenvalue weighted by molar-refractivity contribution is 7.07. The molecule has 1 aliphatic heterocycles. The van der Waals surface area contributed by atoms with Gasteiger partial charge >= 0.3 is 5.97 Å². The number of nitrogens with zero attached hydrogens (tertiary/aromatic N) is 3. The number of fused-ring (bicyclic) bond motifs is 1. The summed E-state index contributed by atoms with van der Waals surface area (Å²) in [5, 5.41) is 10.9. The van der Waals surface area contributed by atoms with E-state index in [1.54, 1.807) is 38.1 Å². The summed E-state index contributed by atoms with van der Waals surface area (Å²) in [6.07, 6.45) is 5.32. The summed E-state index contributed by atoms with van der Waals surface area (Å²) in [4.78, 5) is 41.6. The van der Waals surface area contributed by atoms with E-state index in [-0.39, 0.29) is 17.9 Å². The van der Waals surface area contributed by atoms with Crippen molar-refractivity contribution < 1.29 is 14.5 Å². The molecule has 1 aromatic heterocycles. The summed E-state index contributed by atoms with van der Waals surface area (Å²) in [6.45, 7) is 3.65. The second kappa shape index (κ2) is 9.80. The van der Waals surface area contributed by atoms with Gasteiger partial charge in [-0.2, -0.15) is 0 Å². The maximum atomic E-state index is 13.4. The third-order valence-corrected chi connectivity index (χ3v) is 6.21. The molecular weight excluding hydrogens is 454 g/mol. The lowest BCUT2D eigenvalue weighted by Gasteiger charge is -2.21. The van der Waals surface area contributed by atoms with Crippen molar-refractivity contribution in [2.24, 2.45) is 4.99 Å². The Morgan fingerprint density at radius 3 is 2.53 bits per heavy atom. The normalized spacial score (nSPS) is 15.8.